The van der Waals surface area contributed by atoms with Gasteiger partial charge in [-0.3, -0.25) is 0 Å². The van der Waals surface area contributed by atoms with E-state index in [-0.39, 0.29) is 13.2 Å². The van der Waals surface area contributed by atoms with Crippen LogP contribution in [0.5, 0.6) is 0 Å². The normalized spacial score (nSPS) is 11.5. The van der Waals surface area contributed by atoms with Crippen LogP contribution in [-0.4, -0.2) is 10.2 Å². The van der Waals surface area contributed by atoms with Crippen LogP contribution >= 0.6 is 0 Å². The van der Waals surface area contributed by atoms with Gasteiger partial charge in [-0.05, 0) is 49.5 Å². The van der Waals surface area contributed by atoms with Crippen LogP contribution in [0.3, 0.4) is 0 Å². The Hall–Kier alpha value is -2.42. The largest absolute Gasteiger partial charge is 0.392 e. The van der Waals surface area contributed by atoms with Crippen molar-refractivity contribution in [1.82, 2.24) is 0 Å². The Balaban J connectivity index is 2.29. The Morgan fingerprint density at radius 2 is 1.36 bits per heavy atom. The van der Waals surface area contributed by atoms with Gasteiger partial charge in [-0.1, -0.05) is 54.6 Å². The molecule has 0 saturated heterocycles. The Morgan fingerprint density at radius 1 is 0.591 bits per heavy atom. The van der Waals surface area contributed by atoms with Gasteiger partial charge in [0.1, 0.15) is 0 Å². The third kappa shape index (κ3) is 1.82. The van der Waals surface area contributed by atoms with Crippen LogP contribution in [0.15, 0.2) is 60.7 Å². The molecule has 22 heavy (non-hydrogen) atoms. The Kier molecular flexibility index (Phi) is 3.07. The summed E-state index contributed by atoms with van der Waals surface area (Å²) in [6.45, 7) is -0.0124. The molecule has 0 aliphatic heterocycles. The highest BCUT2D eigenvalue weighted by molar-refractivity contribution is 6.19. The topological polar surface area (TPSA) is 40.5 Å². The van der Waals surface area contributed by atoms with E-state index in [0.29, 0.717) is 0 Å². The summed E-state index contributed by atoms with van der Waals surface area (Å²) in [7, 11) is 0. The van der Waals surface area contributed by atoms with E-state index < -0.39 is 0 Å². The van der Waals surface area contributed by atoms with Gasteiger partial charge in [-0.15, -0.1) is 0 Å². The van der Waals surface area contributed by atoms with Crippen LogP contribution in [0.4, 0.5) is 0 Å². The summed E-state index contributed by atoms with van der Waals surface area (Å²) in [6.07, 6.45) is 0. The zero-order valence-electron chi connectivity index (χ0n) is 12.1. The number of benzene rings is 4. The van der Waals surface area contributed by atoms with Gasteiger partial charge in [-0.2, -0.15) is 0 Å². The molecule has 2 N–H and O–H groups in total. The summed E-state index contributed by atoms with van der Waals surface area (Å²) in [6, 6.07) is 20.4. The first-order valence-corrected chi connectivity index (χ1v) is 7.40. The van der Waals surface area contributed by atoms with E-state index in [0.717, 1.165) is 38.1 Å². The van der Waals surface area contributed by atoms with Crippen molar-refractivity contribution >= 4 is 32.3 Å². The molecule has 0 heterocycles. The highest BCUT2D eigenvalue weighted by atomic mass is 16.3. The minimum Gasteiger partial charge on any atom is -0.392 e. The second-order valence-corrected chi connectivity index (χ2v) is 5.57. The van der Waals surface area contributed by atoms with E-state index in [1.807, 2.05) is 30.3 Å². The molecule has 0 aliphatic carbocycles. The lowest BCUT2D eigenvalue weighted by Gasteiger charge is -2.13. The molecule has 0 atom stereocenters. The number of aliphatic hydroxyl groups excluding tert-OH is 2. The van der Waals surface area contributed by atoms with Crippen LogP contribution in [0, 0.1) is 0 Å². The van der Waals surface area contributed by atoms with Gasteiger partial charge in [0, 0.05) is 0 Å². The summed E-state index contributed by atoms with van der Waals surface area (Å²) < 4.78 is 0. The fraction of sp³-hybridized carbons (Fsp3) is 0.100. The number of aliphatic hydroxyl groups is 2. The molecule has 0 saturated carbocycles. The average molecular weight is 288 g/mol. The molecular formula is C20H16O2. The van der Waals surface area contributed by atoms with Gasteiger partial charge in [0.15, 0.2) is 0 Å². The Morgan fingerprint density at radius 3 is 2.18 bits per heavy atom. The minimum absolute atomic E-state index is 0.00129. The first kappa shape index (κ1) is 13.3. The van der Waals surface area contributed by atoms with Gasteiger partial charge >= 0.3 is 0 Å². The van der Waals surface area contributed by atoms with E-state index in [1.54, 1.807) is 0 Å². The van der Waals surface area contributed by atoms with E-state index in [9.17, 15) is 10.2 Å². The number of rotatable bonds is 2. The molecule has 108 valence electrons. The zero-order chi connectivity index (χ0) is 15.1. The van der Waals surface area contributed by atoms with Crippen molar-refractivity contribution in [1.29, 1.82) is 0 Å². The van der Waals surface area contributed by atoms with Gasteiger partial charge in [0.25, 0.3) is 0 Å². The van der Waals surface area contributed by atoms with Crippen LogP contribution in [0.25, 0.3) is 32.3 Å². The first-order valence-electron chi connectivity index (χ1n) is 7.40. The fourth-order valence-corrected chi connectivity index (χ4v) is 3.37. The molecule has 0 aromatic heterocycles. The molecule has 4 aromatic rings. The van der Waals surface area contributed by atoms with Crippen molar-refractivity contribution in [2.24, 2.45) is 0 Å². The zero-order valence-corrected chi connectivity index (χ0v) is 12.1. The molecule has 2 heteroatoms. The third-order valence-electron chi connectivity index (χ3n) is 4.40. The molecule has 0 fully saturated rings. The third-order valence-corrected chi connectivity index (χ3v) is 4.40. The predicted molar refractivity (Wildman–Crippen MR) is 90.8 cm³/mol. The monoisotopic (exact) mass is 288 g/mol. The maximum atomic E-state index is 9.86. The van der Waals surface area contributed by atoms with Crippen LogP contribution in [0.2, 0.25) is 0 Å². The molecule has 0 radical (unpaired) electrons. The summed E-state index contributed by atoms with van der Waals surface area (Å²) >= 11 is 0. The molecule has 2 nitrogen and oxygen atoms in total. The minimum atomic E-state index is -0.0137. The molecule has 0 unspecified atom stereocenters. The van der Waals surface area contributed by atoms with Crippen molar-refractivity contribution < 1.29 is 10.2 Å². The Labute approximate surface area is 128 Å². The lowest BCUT2D eigenvalue weighted by molar-refractivity contribution is 0.282. The summed E-state index contributed by atoms with van der Waals surface area (Å²) in [4.78, 5) is 0. The summed E-state index contributed by atoms with van der Waals surface area (Å²) in [5.41, 5.74) is 1.79. The number of fused-ring (bicyclic) bond motifs is 5. The molecule has 4 rings (SSSR count). The van der Waals surface area contributed by atoms with Gasteiger partial charge in [0.2, 0.25) is 0 Å². The van der Waals surface area contributed by atoms with Crippen molar-refractivity contribution in [3.05, 3.63) is 71.8 Å². The van der Waals surface area contributed by atoms with Gasteiger partial charge < -0.3 is 10.2 Å². The molecule has 4 aromatic carbocycles. The fourth-order valence-electron chi connectivity index (χ4n) is 3.37. The number of hydrogen-bond donors (Lipinski definition) is 2. The van der Waals surface area contributed by atoms with Crippen molar-refractivity contribution in [3.8, 4) is 0 Å². The molecular weight excluding hydrogens is 272 g/mol. The van der Waals surface area contributed by atoms with E-state index >= 15 is 0 Å². The summed E-state index contributed by atoms with van der Waals surface area (Å²) in [5.74, 6) is 0. The highest BCUT2D eigenvalue weighted by Gasteiger charge is 2.11. The van der Waals surface area contributed by atoms with E-state index in [4.69, 9.17) is 0 Å². The maximum Gasteiger partial charge on any atom is 0.0688 e. The molecule has 0 spiro atoms. The van der Waals surface area contributed by atoms with E-state index in [2.05, 4.69) is 30.3 Å². The Bertz CT molecular complexity index is 1000. The predicted octanol–water partition coefficient (Wildman–Crippen LogP) is 4.13. The van der Waals surface area contributed by atoms with E-state index in [1.165, 1.54) is 5.39 Å². The smallest absolute Gasteiger partial charge is 0.0688 e. The van der Waals surface area contributed by atoms with Gasteiger partial charge in [0.05, 0.1) is 13.2 Å². The second kappa shape index (κ2) is 5.09. The average Bonchev–Trinajstić information content (AvgIpc) is 2.59. The van der Waals surface area contributed by atoms with Crippen molar-refractivity contribution in [2.75, 3.05) is 0 Å². The van der Waals surface area contributed by atoms with Crippen molar-refractivity contribution in [3.63, 3.8) is 0 Å². The van der Waals surface area contributed by atoms with Crippen LogP contribution < -0.4 is 0 Å². The maximum absolute atomic E-state index is 9.86. The van der Waals surface area contributed by atoms with Crippen LogP contribution in [-0.2, 0) is 13.2 Å². The number of hydrogen-bond acceptors (Lipinski definition) is 2. The van der Waals surface area contributed by atoms with Crippen LogP contribution in [0.1, 0.15) is 11.1 Å². The lowest BCUT2D eigenvalue weighted by Crippen LogP contribution is -1.93. The molecule has 0 aliphatic rings. The van der Waals surface area contributed by atoms with Crippen molar-refractivity contribution in [2.45, 2.75) is 13.2 Å². The highest BCUT2D eigenvalue weighted by Crippen LogP contribution is 2.35. The first-order chi connectivity index (χ1) is 10.8. The quantitative estimate of drug-likeness (QED) is 0.544. The lowest BCUT2D eigenvalue weighted by atomic mass is 9.91. The SMILES string of the molecule is OCc1cccc2c1cc(CO)c1c3ccccc3ccc21. The molecule has 0 amide bonds. The van der Waals surface area contributed by atoms with Gasteiger partial charge in [-0.25, -0.2) is 0 Å². The molecule has 0 bridgehead atoms. The summed E-state index contributed by atoms with van der Waals surface area (Å²) in [5, 5.41) is 26.1. The second-order valence-electron chi connectivity index (χ2n) is 5.57. The standard InChI is InChI=1S/C20H16O2/c21-11-14-5-3-7-17-18-9-8-13-4-1-2-6-16(13)20(18)15(12-22)10-19(14)17/h1-10,21-22H,11-12H2.